The number of thioether (sulfide) groups is 1. The SMILES string of the molecule is O=C1CSC2=NCN(c3ccc(Br)cc3)CN12. The van der Waals surface area contributed by atoms with Crippen molar-refractivity contribution < 1.29 is 4.79 Å². The number of anilines is 1. The van der Waals surface area contributed by atoms with Crippen molar-refractivity contribution in [3.8, 4) is 0 Å². The molecule has 17 heavy (non-hydrogen) atoms. The van der Waals surface area contributed by atoms with E-state index < -0.39 is 0 Å². The number of hydrogen-bond donors (Lipinski definition) is 0. The van der Waals surface area contributed by atoms with Crippen molar-refractivity contribution in [1.82, 2.24) is 4.90 Å². The van der Waals surface area contributed by atoms with E-state index >= 15 is 0 Å². The van der Waals surface area contributed by atoms with Crippen molar-refractivity contribution in [3.63, 3.8) is 0 Å². The molecule has 2 heterocycles. The molecule has 0 unspecified atom stereocenters. The van der Waals surface area contributed by atoms with Crippen LogP contribution in [-0.2, 0) is 4.79 Å². The Hall–Kier alpha value is -1.01. The first-order valence-corrected chi connectivity index (χ1v) is 7.00. The summed E-state index contributed by atoms with van der Waals surface area (Å²) in [6, 6.07) is 8.04. The van der Waals surface area contributed by atoms with Gasteiger partial charge in [-0.05, 0) is 24.3 Å². The van der Waals surface area contributed by atoms with Gasteiger partial charge in [-0.15, -0.1) is 0 Å². The van der Waals surface area contributed by atoms with E-state index in [4.69, 9.17) is 0 Å². The molecule has 0 spiro atoms. The summed E-state index contributed by atoms with van der Waals surface area (Å²) in [5, 5.41) is 0.864. The molecule has 3 rings (SSSR count). The number of fused-ring (bicyclic) bond motifs is 1. The maximum Gasteiger partial charge on any atom is 0.240 e. The lowest BCUT2D eigenvalue weighted by atomic mass is 10.3. The number of amides is 1. The van der Waals surface area contributed by atoms with Gasteiger partial charge < -0.3 is 4.90 Å². The Bertz CT molecular complexity index is 488. The van der Waals surface area contributed by atoms with Crippen molar-refractivity contribution in [1.29, 1.82) is 0 Å². The van der Waals surface area contributed by atoms with Crippen LogP contribution in [0.15, 0.2) is 33.7 Å². The third kappa shape index (κ3) is 2.07. The van der Waals surface area contributed by atoms with Crippen molar-refractivity contribution in [3.05, 3.63) is 28.7 Å². The van der Waals surface area contributed by atoms with Gasteiger partial charge in [0.2, 0.25) is 5.91 Å². The number of rotatable bonds is 1. The van der Waals surface area contributed by atoms with Crippen LogP contribution < -0.4 is 4.90 Å². The van der Waals surface area contributed by atoms with Crippen molar-refractivity contribution in [2.45, 2.75) is 0 Å². The summed E-state index contributed by atoms with van der Waals surface area (Å²) in [4.78, 5) is 19.9. The summed E-state index contributed by atoms with van der Waals surface area (Å²) in [6.07, 6.45) is 0. The average Bonchev–Trinajstić information content (AvgIpc) is 2.72. The second-order valence-electron chi connectivity index (χ2n) is 3.85. The van der Waals surface area contributed by atoms with E-state index in [1.54, 1.807) is 4.90 Å². The summed E-state index contributed by atoms with van der Waals surface area (Å²) >= 11 is 4.94. The molecule has 0 N–H and O–H groups in total. The van der Waals surface area contributed by atoms with Gasteiger partial charge in [0.15, 0.2) is 5.17 Å². The summed E-state index contributed by atoms with van der Waals surface area (Å²) < 4.78 is 1.05. The molecule has 0 aromatic heterocycles. The number of carbonyl (C=O) groups excluding carboxylic acids is 1. The molecule has 6 heteroatoms. The van der Waals surface area contributed by atoms with Gasteiger partial charge in [-0.1, -0.05) is 27.7 Å². The van der Waals surface area contributed by atoms with Crippen molar-refractivity contribution in [2.24, 2.45) is 4.99 Å². The molecule has 1 fully saturated rings. The lowest BCUT2D eigenvalue weighted by molar-refractivity contribution is -0.124. The minimum atomic E-state index is 0.149. The van der Waals surface area contributed by atoms with E-state index in [0.29, 0.717) is 19.1 Å². The third-order valence-electron chi connectivity index (χ3n) is 2.74. The topological polar surface area (TPSA) is 35.9 Å². The van der Waals surface area contributed by atoms with Crippen LogP contribution in [0.25, 0.3) is 0 Å². The summed E-state index contributed by atoms with van der Waals surface area (Å²) in [7, 11) is 0. The number of carbonyl (C=O) groups is 1. The van der Waals surface area contributed by atoms with Crippen LogP contribution in [0.5, 0.6) is 0 Å². The van der Waals surface area contributed by atoms with Crippen LogP contribution in [0, 0.1) is 0 Å². The molecule has 2 aliphatic rings. The van der Waals surface area contributed by atoms with Gasteiger partial charge in [-0.25, -0.2) is 4.99 Å². The molecular formula is C11H10BrN3OS. The van der Waals surface area contributed by atoms with Crippen LogP contribution in [0.3, 0.4) is 0 Å². The molecule has 1 amide bonds. The van der Waals surface area contributed by atoms with Crippen molar-refractivity contribution in [2.75, 3.05) is 24.0 Å². The zero-order chi connectivity index (χ0) is 11.8. The highest BCUT2D eigenvalue weighted by molar-refractivity contribution is 9.10. The molecular weight excluding hydrogens is 302 g/mol. The van der Waals surface area contributed by atoms with Crippen molar-refractivity contribution >= 4 is 44.5 Å². The van der Waals surface area contributed by atoms with Gasteiger partial charge in [0.05, 0.1) is 5.75 Å². The van der Waals surface area contributed by atoms with Crippen LogP contribution in [0.1, 0.15) is 0 Å². The lowest BCUT2D eigenvalue weighted by Gasteiger charge is -2.32. The fourth-order valence-electron chi connectivity index (χ4n) is 1.84. The normalized spacial score (nSPS) is 19.4. The predicted octanol–water partition coefficient (Wildman–Crippen LogP) is 2.12. The Morgan fingerprint density at radius 3 is 2.82 bits per heavy atom. The molecule has 1 aromatic carbocycles. The molecule has 0 saturated carbocycles. The smallest absolute Gasteiger partial charge is 0.240 e. The summed E-state index contributed by atoms with van der Waals surface area (Å²) in [6.45, 7) is 1.22. The Kier molecular flexibility index (Phi) is 2.84. The predicted molar refractivity (Wildman–Crippen MR) is 73.1 cm³/mol. The number of aliphatic imine (C=N–C) groups is 1. The molecule has 2 aliphatic heterocycles. The van der Waals surface area contributed by atoms with Crippen LogP contribution in [0.2, 0.25) is 0 Å². The Morgan fingerprint density at radius 2 is 2.06 bits per heavy atom. The first-order valence-electron chi connectivity index (χ1n) is 5.22. The monoisotopic (exact) mass is 311 g/mol. The Balaban J connectivity index is 1.83. The average molecular weight is 312 g/mol. The van der Waals surface area contributed by atoms with E-state index in [1.807, 2.05) is 24.3 Å². The van der Waals surface area contributed by atoms with E-state index in [1.165, 1.54) is 11.8 Å². The summed E-state index contributed by atoms with van der Waals surface area (Å²) in [5.74, 6) is 0.670. The molecule has 1 saturated heterocycles. The quantitative estimate of drug-likeness (QED) is 0.797. The van der Waals surface area contributed by atoms with E-state index in [9.17, 15) is 4.79 Å². The number of benzene rings is 1. The molecule has 88 valence electrons. The minimum Gasteiger partial charge on any atom is -0.334 e. The minimum absolute atomic E-state index is 0.149. The molecule has 1 aromatic rings. The van der Waals surface area contributed by atoms with Crippen LogP contribution in [-0.4, -0.2) is 35.1 Å². The van der Waals surface area contributed by atoms with E-state index in [-0.39, 0.29) is 5.91 Å². The first kappa shape index (κ1) is 11.1. The van der Waals surface area contributed by atoms with Gasteiger partial charge in [-0.3, -0.25) is 9.69 Å². The summed E-state index contributed by atoms with van der Waals surface area (Å²) in [5.41, 5.74) is 1.08. The molecule has 4 nitrogen and oxygen atoms in total. The molecule has 0 radical (unpaired) electrons. The zero-order valence-electron chi connectivity index (χ0n) is 8.97. The number of nitrogens with zero attached hydrogens (tertiary/aromatic N) is 3. The van der Waals surface area contributed by atoms with Crippen LogP contribution in [0.4, 0.5) is 5.69 Å². The fraction of sp³-hybridized carbons (Fsp3) is 0.273. The second-order valence-corrected chi connectivity index (χ2v) is 5.71. The van der Waals surface area contributed by atoms with Gasteiger partial charge >= 0.3 is 0 Å². The van der Waals surface area contributed by atoms with Gasteiger partial charge in [0, 0.05) is 10.2 Å². The van der Waals surface area contributed by atoms with E-state index in [0.717, 1.165) is 15.3 Å². The van der Waals surface area contributed by atoms with Gasteiger partial charge in [-0.2, -0.15) is 0 Å². The van der Waals surface area contributed by atoms with Crippen LogP contribution >= 0.6 is 27.7 Å². The standard InChI is InChI=1S/C11H10BrN3OS/c12-8-1-3-9(4-2-8)14-6-13-11-15(7-14)10(16)5-17-11/h1-4H,5-7H2. The maximum absolute atomic E-state index is 11.6. The van der Waals surface area contributed by atoms with Gasteiger partial charge in [0.25, 0.3) is 0 Å². The fourth-order valence-corrected chi connectivity index (χ4v) is 2.97. The lowest BCUT2D eigenvalue weighted by Crippen LogP contribution is -2.45. The first-order chi connectivity index (χ1) is 8.24. The maximum atomic E-state index is 11.6. The number of halogens is 1. The molecule has 0 bridgehead atoms. The molecule has 0 atom stereocenters. The largest absolute Gasteiger partial charge is 0.334 e. The highest BCUT2D eigenvalue weighted by Gasteiger charge is 2.32. The Morgan fingerprint density at radius 1 is 1.29 bits per heavy atom. The highest BCUT2D eigenvalue weighted by Crippen LogP contribution is 2.26. The second kappa shape index (κ2) is 4.34. The third-order valence-corrected chi connectivity index (χ3v) is 4.26. The number of amidine groups is 1. The van der Waals surface area contributed by atoms with E-state index in [2.05, 4.69) is 25.8 Å². The number of hydrogen-bond acceptors (Lipinski definition) is 4. The van der Waals surface area contributed by atoms with Gasteiger partial charge in [0.1, 0.15) is 13.3 Å². The highest BCUT2D eigenvalue weighted by atomic mass is 79.9. The Labute approximate surface area is 112 Å². The zero-order valence-corrected chi connectivity index (χ0v) is 11.4. The molecule has 0 aliphatic carbocycles.